The summed E-state index contributed by atoms with van der Waals surface area (Å²) in [5.74, 6) is 0.544. The number of hydrogen-bond acceptors (Lipinski definition) is 2. The lowest BCUT2D eigenvalue weighted by molar-refractivity contribution is 0.476. The zero-order valence-electron chi connectivity index (χ0n) is 10.9. The molecule has 0 fully saturated rings. The summed E-state index contributed by atoms with van der Waals surface area (Å²) >= 11 is 9.27. The molecule has 0 amide bonds. The van der Waals surface area contributed by atoms with Crippen molar-refractivity contribution in [2.45, 2.75) is 13.5 Å². The van der Waals surface area contributed by atoms with Gasteiger partial charge in [-0.2, -0.15) is 0 Å². The molecule has 0 aromatic heterocycles. The van der Waals surface area contributed by atoms with Crippen LogP contribution in [-0.2, 0) is 6.54 Å². The van der Waals surface area contributed by atoms with E-state index in [4.69, 9.17) is 16.3 Å². The fraction of sp³-hybridized carbons (Fsp3) is 0.200. The Hall–Kier alpha value is -1.10. The van der Waals surface area contributed by atoms with Gasteiger partial charge in [0.25, 0.3) is 0 Å². The Morgan fingerprint density at radius 3 is 2.70 bits per heavy atom. The molecule has 0 aliphatic rings. The van der Waals surface area contributed by atoms with E-state index >= 15 is 0 Å². The Bertz CT molecular complexity index is 606. The third-order valence-corrected chi connectivity index (χ3v) is 3.63. The highest BCUT2D eigenvalue weighted by molar-refractivity contribution is 9.10. The summed E-state index contributed by atoms with van der Waals surface area (Å²) in [7, 11) is 0. The van der Waals surface area contributed by atoms with Gasteiger partial charge in [0.2, 0.25) is 0 Å². The minimum absolute atomic E-state index is 0.373. The van der Waals surface area contributed by atoms with Gasteiger partial charge in [-0.05, 0) is 52.3 Å². The van der Waals surface area contributed by atoms with Crippen LogP contribution in [0.2, 0.25) is 5.02 Å². The molecule has 5 heteroatoms. The van der Waals surface area contributed by atoms with E-state index in [0.717, 1.165) is 18.7 Å². The van der Waals surface area contributed by atoms with E-state index < -0.39 is 0 Å². The average Bonchev–Trinajstić information content (AvgIpc) is 2.43. The normalized spacial score (nSPS) is 10.6. The Morgan fingerprint density at radius 2 is 2.05 bits per heavy atom. The number of rotatable bonds is 5. The van der Waals surface area contributed by atoms with Crippen molar-refractivity contribution in [3.63, 3.8) is 0 Å². The summed E-state index contributed by atoms with van der Waals surface area (Å²) in [6.07, 6.45) is 0. The van der Waals surface area contributed by atoms with Crippen LogP contribution >= 0.6 is 27.5 Å². The van der Waals surface area contributed by atoms with Gasteiger partial charge in [-0.3, -0.25) is 0 Å². The van der Waals surface area contributed by atoms with Crippen LogP contribution in [0.4, 0.5) is 4.39 Å². The first-order valence-electron chi connectivity index (χ1n) is 6.22. The molecule has 0 saturated heterocycles. The monoisotopic (exact) mass is 357 g/mol. The van der Waals surface area contributed by atoms with Crippen LogP contribution < -0.4 is 10.1 Å². The van der Waals surface area contributed by atoms with Crippen molar-refractivity contribution in [1.82, 2.24) is 5.32 Å². The van der Waals surface area contributed by atoms with Gasteiger partial charge in [0.1, 0.15) is 17.3 Å². The highest BCUT2D eigenvalue weighted by Gasteiger charge is 2.07. The van der Waals surface area contributed by atoms with Crippen LogP contribution in [0.1, 0.15) is 12.5 Å². The summed E-state index contributed by atoms with van der Waals surface area (Å²) in [6.45, 7) is 3.69. The van der Waals surface area contributed by atoms with Gasteiger partial charge in [0.15, 0.2) is 0 Å². The van der Waals surface area contributed by atoms with E-state index in [0.29, 0.717) is 21.0 Å². The predicted molar refractivity (Wildman–Crippen MR) is 83.0 cm³/mol. The second-order valence-electron chi connectivity index (χ2n) is 4.22. The molecule has 20 heavy (non-hydrogen) atoms. The van der Waals surface area contributed by atoms with Crippen LogP contribution in [-0.4, -0.2) is 6.54 Å². The van der Waals surface area contributed by atoms with Crippen molar-refractivity contribution in [3.05, 3.63) is 57.3 Å². The number of halogens is 3. The van der Waals surface area contributed by atoms with E-state index in [1.807, 2.05) is 19.1 Å². The topological polar surface area (TPSA) is 21.3 Å². The van der Waals surface area contributed by atoms with Crippen LogP contribution in [0.15, 0.2) is 40.9 Å². The van der Waals surface area contributed by atoms with Crippen molar-refractivity contribution < 1.29 is 9.13 Å². The maximum atomic E-state index is 13.4. The quantitative estimate of drug-likeness (QED) is 0.798. The zero-order chi connectivity index (χ0) is 14.5. The molecule has 106 valence electrons. The predicted octanol–water partition coefficient (Wildman–Crippen LogP) is 5.14. The van der Waals surface area contributed by atoms with Crippen molar-refractivity contribution in [3.8, 4) is 11.5 Å². The molecule has 0 aliphatic heterocycles. The summed E-state index contributed by atoms with van der Waals surface area (Å²) < 4.78 is 19.4. The Kier molecular flexibility index (Phi) is 5.40. The molecular weight excluding hydrogens is 345 g/mol. The van der Waals surface area contributed by atoms with Gasteiger partial charge < -0.3 is 10.1 Å². The minimum atomic E-state index is -0.373. The molecule has 0 bridgehead atoms. The maximum Gasteiger partial charge on any atom is 0.146 e. The largest absolute Gasteiger partial charge is 0.456 e. The maximum absolute atomic E-state index is 13.4. The van der Waals surface area contributed by atoms with Gasteiger partial charge in [-0.1, -0.05) is 24.6 Å². The summed E-state index contributed by atoms with van der Waals surface area (Å²) in [5, 5.41) is 3.72. The molecule has 2 nitrogen and oxygen atoms in total. The van der Waals surface area contributed by atoms with Gasteiger partial charge in [-0.15, -0.1) is 0 Å². The van der Waals surface area contributed by atoms with E-state index in [1.165, 1.54) is 6.07 Å². The summed E-state index contributed by atoms with van der Waals surface area (Å²) in [4.78, 5) is 0. The molecule has 0 spiro atoms. The highest BCUT2D eigenvalue weighted by atomic mass is 79.9. The van der Waals surface area contributed by atoms with Crippen molar-refractivity contribution in [1.29, 1.82) is 0 Å². The molecule has 0 atom stereocenters. The van der Waals surface area contributed by atoms with Gasteiger partial charge in [-0.25, -0.2) is 4.39 Å². The lowest BCUT2D eigenvalue weighted by Gasteiger charge is -2.10. The summed E-state index contributed by atoms with van der Waals surface area (Å²) in [5.41, 5.74) is 1.08. The smallest absolute Gasteiger partial charge is 0.146 e. The van der Waals surface area contributed by atoms with E-state index in [1.54, 1.807) is 18.2 Å². The Balaban J connectivity index is 2.14. The first kappa shape index (κ1) is 15.3. The molecule has 0 heterocycles. The third kappa shape index (κ3) is 3.95. The number of ether oxygens (including phenoxy) is 1. The molecule has 1 N–H and O–H groups in total. The van der Waals surface area contributed by atoms with Gasteiger partial charge in [0.05, 0.1) is 9.50 Å². The second kappa shape index (κ2) is 7.07. The molecule has 2 rings (SSSR count). The van der Waals surface area contributed by atoms with Gasteiger partial charge >= 0.3 is 0 Å². The second-order valence-corrected chi connectivity index (χ2v) is 5.48. The molecule has 0 saturated carbocycles. The molecule has 0 radical (unpaired) electrons. The molecule has 2 aromatic rings. The zero-order valence-corrected chi connectivity index (χ0v) is 13.3. The third-order valence-electron chi connectivity index (χ3n) is 2.69. The molecule has 0 unspecified atom stereocenters. The van der Waals surface area contributed by atoms with Crippen LogP contribution in [0, 0.1) is 5.82 Å². The van der Waals surface area contributed by atoms with Crippen LogP contribution in [0.25, 0.3) is 0 Å². The lowest BCUT2D eigenvalue weighted by atomic mass is 10.2. The van der Waals surface area contributed by atoms with E-state index in [-0.39, 0.29) is 5.82 Å². The van der Waals surface area contributed by atoms with Crippen LogP contribution in [0.3, 0.4) is 0 Å². The standard InChI is InChI=1S/C15H14BrClFNO/c1-2-19-9-10-3-6-15(13(17)7-10)20-11-4-5-12(16)14(18)8-11/h3-8,19H,2,9H2,1H3. The Morgan fingerprint density at radius 1 is 1.25 bits per heavy atom. The van der Waals surface area contributed by atoms with Crippen molar-refractivity contribution in [2.24, 2.45) is 0 Å². The van der Waals surface area contributed by atoms with Crippen molar-refractivity contribution >= 4 is 27.5 Å². The minimum Gasteiger partial charge on any atom is -0.456 e. The van der Waals surface area contributed by atoms with E-state index in [9.17, 15) is 4.39 Å². The molecule has 0 aliphatic carbocycles. The number of benzene rings is 2. The van der Waals surface area contributed by atoms with E-state index in [2.05, 4.69) is 21.2 Å². The first-order valence-corrected chi connectivity index (χ1v) is 7.39. The fourth-order valence-electron chi connectivity index (χ4n) is 1.67. The lowest BCUT2D eigenvalue weighted by Crippen LogP contribution is -2.11. The molecule has 2 aromatic carbocycles. The number of nitrogens with one attached hydrogen (secondary N) is 1. The van der Waals surface area contributed by atoms with Crippen LogP contribution in [0.5, 0.6) is 11.5 Å². The van der Waals surface area contributed by atoms with Gasteiger partial charge in [0, 0.05) is 12.6 Å². The Labute approximate surface area is 131 Å². The average molecular weight is 359 g/mol. The number of hydrogen-bond donors (Lipinski definition) is 1. The van der Waals surface area contributed by atoms with Crippen molar-refractivity contribution in [2.75, 3.05) is 6.54 Å². The SMILES string of the molecule is CCNCc1ccc(Oc2ccc(Br)c(F)c2)c(Cl)c1. The summed E-state index contributed by atoms with van der Waals surface area (Å²) in [6, 6.07) is 10.1. The highest BCUT2D eigenvalue weighted by Crippen LogP contribution is 2.31. The molecular formula is C15H14BrClFNO. The first-order chi connectivity index (χ1) is 9.60. The fourth-order valence-corrected chi connectivity index (χ4v) is 2.16.